The molecule has 0 aliphatic carbocycles. The SMILES string of the molecule is CCC(=O)N1[C@H](c2cc(OC)ccc2OC)c2[nH]c3ccccc3c2C[C@@H]1C(=O)[O-]. The smallest absolute Gasteiger partial charge is 0.223 e. The Balaban J connectivity index is 2.04. The van der Waals surface area contributed by atoms with Gasteiger partial charge < -0.3 is 29.3 Å². The van der Waals surface area contributed by atoms with Crippen LogP contribution >= 0.6 is 0 Å². The lowest BCUT2D eigenvalue weighted by Crippen LogP contribution is -2.55. The Morgan fingerprint density at radius 1 is 1.17 bits per heavy atom. The topological polar surface area (TPSA) is 94.7 Å². The van der Waals surface area contributed by atoms with Crippen molar-refractivity contribution in [2.24, 2.45) is 0 Å². The fraction of sp³-hybridized carbons (Fsp3) is 0.304. The first kappa shape index (κ1) is 19.8. The number of carbonyl (C=O) groups is 2. The van der Waals surface area contributed by atoms with Gasteiger partial charge in [0.2, 0.25) is 5.91 Å². The Hall–Kier alpha value is -3.48. The van der Waals surface area contributed by atoms with Crippen LogP contribution in [0.4, 0.5) is 0 Å². The van der Waals surface area contributed by atoms with Gasteiger partial charge in [0.15, 0.2) is 0 Å². The molecule has 7 nitrogen and oxygen atoms in total. The van der Waals surface area contributed by atoms with Crippen molar-refractivity contribution >= 4 is 22.8 Å². The van der Waals surface area contributed by atoms with E-state index in [9.17, 15) is 14.7 Å². The van der Waals surface area contributed by atoms with Crippen molar-refractivity contribution in [3.63, 3.8) is 0 Å². The molecule has 2 heterocycles. The van der Waals surface area contributed by atoms with E-state index in [2.05, 4.69) is 4.98 Å². The second-order valence-electron chi connectivity index (χ2n) is 7.27. The first-order valence-electron chi connectivity index (χ1n) is 9.83. The maximum atomic E-state index is 13.0. The molecule has 1 amide bonds. The van der Waals surface area contributed by atoms with Gasteiger partial charge >= 0.3 is 0 Å². The summed E-state index contributed by atoms with van der Waals surface area (Å²) in [5, 5.41) is 13.1. The van der Waals surface area contributed by atoms with Crippen LogP contribution < -0.4 is 14.6 Å². The summed E-state index contributed by atoms with van der Waals surface area (Å²) in [6.07, 6.45) is 0.346. The van der Waals surface area contributed by atoms with E-state index in [1.807, 2.05) is 24.3 Å². The van der Waals surface area contributed by atoms with Crippen LogP contribution in [0.1, 0.15) is 36.2 Å². The number of benzene rings is 2. The highest BCUT2D eigenvalue weighted by molar-refractivity contribution is 5.90. The number of rotatable bonds is 5. The third-order valence-corrected chi connectivity index (χ3v) is 5.73. The summed E-state index contributed by atoms with van der Waals surface area (Å²) in [6, 6.07) is 11.2. The molecule has 0 radical (unpaired) electrons. The predicted octanol–water partition coefficient (Wildman–Crippen LogP) is 2.19. The van der Waals surface area contributed by atoms with E-state index in [0.717, 1.165) is 22.2 Å². The molecule has 1 aliphatic rings. The number of fused-ring (bicyclic) bond motifs is 3. The number of methoxy groups -OCH3 is 2. The Morgan fingerprint density at radius 3 is 2.60 bits per heavy atom. The van der Waals surface area contributed by atoms with E-state index in [1.54, 1.807) is 39.3 Å². The minimum absolute atomic E-state index is 0.169. The number of aromatic amines is 1. The standard InChI is InChI=1S/C23H24N2O5/c1-4-20(26)25-18(23(27)28)12-15-14-7-5-6-8-17(14)24-21(15)22(25)16-11-13(29-2)9-10-19(16)30-3/h5-11,18,22,24H,4,12H2,1-3H3,(H,27,28)/p-1/t18-,22-/m1/s1. The van der Waals surface area contributed by atoms with Crippen molar-refractivity contribution in [2.75, 3.05) is 14.2 Å². The molecule has 2 aromatic carbocycles. The average molecular weight is 407 g/mol. The lowest BCUT2D eigenvalue weighted by Gasteiger charge is -2.43. The van der Waals surface area contributed by atoms with Crippen LogP contribution in [0.25, 0.3) is 10.9 Å². The van der Waals surface area contributed by atoms with Crippen LogP contribution in [0.2, 0.25) is 0 Å². The molecule has 0 saturated heterocycles. The van der Waals surface area contributed by atoms with Gasteiger partial charge in [0.1, 0.15) is 17.5 Å². The molecule has 1 N–H and O–H groups in total. The van der Waals surface area contributed by atoms with Gasteiger partial charge in [0.05, 0.1) is 26.2 Å². The van der Waals surface area contributed by atoms with E-state index >= 15 is 0 Å². The normalized spacial score (nSPS) is 18.2. The number of nitrogens with zero attached hydrogens (tertiary/aromatic N) is 1. The summed E-state index contributed by atoms with van der Waals surface area (Å²) in [5.41, 5.74) is 3.19. The summed E-state index contributed by atoms with van der Waals surface area (Å²) in [4.78, 5) is 30.0. The van der Waals surface area contributed by atoms with Gasteiger partial charge in [0, 0.05) is 35.0 Å². The number of carboxylic acid groups (broad SMARTS) is 1. The number of H-pyrrole nitrogens is 1. The van der Waals surface area contributed by atoms with Crippen molar-refractivity contribution in [3.8, 4) is 11.5 Å². The van der Waals surface area contributed by atoms with Gasteiger partial charge in [-0.3, -0.25) is 4.79 Å². The van der Waals surface area contributed by atoms with Crippen LogP contribution in [-0.2, 0) is 16.0 Å². The first-order valence-corrected chi connectivity index (χ1v) is 9.83. The molecule has 1 aromatic heterocycles. The fourth-order valence-electron chi connectivity index (χ4n) is 4.34. The average Bonchev–Trinajstić information content (AvgIpc) is 3.15. The van der Waals surface area contributed by atoms with E-state index in [1.165, 1.54) is 4.90 Å². The second-order valence-corrected chi connectivity index (χ2v) is 7.27. The highest BCUT2D eigenvalue weighted by Gasteiger charge is 2.41. The van der Waals surface area contributed by atoms with E-state index in [-0.39, 0.29) is 18.7 Å². The number of amides is 1. The summed E-state index contributed by atoms with van der Waals surface area (Å²) in [6.45, 7) is 1.72. The lowest BCUT2D eigenvalue weighted by molar-refractivity contribution is -0.312. The molecule has 0 spiro atoms. The Kier molecular flexibility index (Phi) is 5.11. The summed E-state index contributed by atoms with van der Waals surface area (Å²) in [5.74, 6) is -0.427. The first-order chi connectivity index (χ1) is 14.5. The zero-order valence-electron chi connectivity index (χ0n) is 17.1. The van der Waals surface area contributed by atoms with Crippen molar-refractivity contribution in [1.29, 1.82) is 0 Å². The van der Waals surface area contributed by atoms with Gasteiger partial charge in [-0.25, -0.2) is 0 Å². The van der Waals surface area contributed by atoms with Crippen LogP contribution in [-0.4, -0.2) is 42.0 Å². The van der Waals surface area contributed by atoms with Crippen LogP contribution in [0.5, 0.6) is 11.5 Å². The van der Waals surface area contributed by atoms with Gasteiger partial charge in [0.25, 0.3) is 0 Å². The molecule has 4 rings (SSSR count). The number of nitrogens with one attached hydrogen (secondary N) is 1. The third kappa shape index (κ3) is 3.07. The summed E-state index contributed by atoms with van der Waals surface area (Å²) >= 11 is 0. The van der Waals surface area contributed by atoms with Gasteiger partial charge in [-0.1, -0.05) is 25.1 Å². The largest absolute Gasteiger partial charge is 0.548 e. The van der Waals surface area contributed by atoms with Crippen LogP contribution in [0.3, 0.4) is 0 Å². The number of hydrogen-bond acceptors (Lipinski definition) is 5. The molecular weight excluding hydrogens is 384 g/mol. The Labute approximate surface area is 174 Å². The summed E-state index contributed by atoms with van der Waals surface area (Å²) in [7, 11) is 3.10. The van der Waals surface area contributed by atoms with E-state index in [4.69, 9.17) is 9.47 Å². The van der Waals surface area contributed by atoms with Crippen LogP contribution in [0, 0.1) is 0 Å². The fourth-order valence-corrected chi connectivity index (χ4v) is 4.34. The van der Waals surface area contributed by atoms with E-state index < -0.39 is 18.1 Å². The molecule has 0 fully saturated rings. The molecule has 1 aliphatic heterocycles. The molecule has 30 heavy (non-hydrogen) atoms. The molecule has 2 atom stereocenters. The van der Waals surface area contributed by atoms with E-state index in [0.29, 0.717) is 17.1 Å². The Morgan fingerprint density at radius 2 is 1.93 bits per heavy atom. The number of aromatic nitrogens is 1. The maximum absolute atomic E-state index is 13.0. The zero-order valence-corrected chi connectivity index (χ0v) is 17.1. The second kappa shape index (κ2) is 7.74. The monoisotopic (exact) mass is 407 g/mol. The molecule has 7 heteroatoms. The minimum atomic E-state index is -1.28. The highest BCUT2D eigenvalue weighted by Crippen LogP contribution is 2.44. The maximum Gasteiger partial charge on any atom is 0.223 e. The third-order valence-electron chi connectivity index (χ3n) is 5.73. The van der Waals surface area contributed by atoms with Crippen molar-refractivity contribution in [2.45, 2.75) is 31.8 Å². The number of carboxylic acids is 1. The molecule has 156 valence electrons. The number of ether oxygens (including phenoxy) is 2. The minimum Gasteiger partial charge on any atom is -0.548 e. The number of hydrogen-bond donors (Lipinski definition) is 1. The quantitative estimate of drug-likeness (QED) is 0.700. The number of para-hydroxylation sites is 1. The molecule has 0 saturated carbocycles. The van der Waals surface area contributed by atoms with Crippen molar-refractivity contribution in [1.82, 2.24) is 9.88 Å². The number of aliphatic carboxylic acids is 1. The van der Waals surface area contributed by atoms with Crippen molar-refractivity contribution < 1.29 is 24.2 Å². The highest BCUT2D eigenvalue weighted by atomic mass is 16.5. The zero-order chi connectivity index (χ0) is 21.4. The lowest BCUT2D eigenvalue weighted by atomic mass is 9.87. The number of carbonyl (C=O) groups excluding carboxylic acids is 2. The van der Waals surface area contributed by atoms with Gasteiger partial charge in [-0.15, -0.1) is 0 Å². The van der Waals surface area contributed by atoms with Gasteiger partial charge in [-0.2, -0.15) is 0 Å². The molecule has 0 unspecified atom stereocenters. The van der Waals surface area contributed by atoms with Crippen LogP contribution in [0.15, 0.2) is 42.5 Å². The summed E-state index contributed by atoms with van der Waals surface area (Å²) < 4.78 is 11.0. The van der Waals surface area contributed by atoms with Gasteiger partial charge in [-0.05, 0) is 29.8 Å². The predicted molar refractivity (Wildman–Crippen MR) is 109 cm³/mol. The molecule has 0 bridgehead atoms. The Bertz CT molecular complexity index is 1120. The molecule has 3 aromatic rings. The molecular formula is C23H23N2O5-. The van der Waals surface area contributed by atoms with Crippen molar-refractivity contribution in [3.05, 3.63) is 59.3 Å².